The van der Waals surface area contributed by atoms with Gasteiger partial charge in [-0.2, -0.15) is 0 Å². The van der Waals surface area contributed by atoms with Gasteiger partial charge >= 0.3 is 0 Å². The van der Waals surface area contributed by atoms with E-state index in [0.717, 1.165) is 11.1 Å². The highest BCUT2D eigenvalue weighted by molar-refractivity contribution is 5.97. The van der Waals surface area contributed by atoms with Crippen molar-refractivity contribution in [3.8, 4) is 0 Å². The lowest BCUT2D eigenvalue weighted by Gasteiger charge is -1.99. The number of hydrogen-bond acceptors (Lipinski definition) is 8. The zero-order chi connectivity index (χ0) is 39.2. The summed E-state index contributed by atoms with van der Waals surface area (Å²) in [5.41, 5.74) is 5.42. The molecule has 0 bridgehead atoms. The Morgan fingerprint density at radius 2 is 1.02 bits per heavy atom. The van der Waals surface area contributed by atoms with E-state index in [9.17, 15) is 28.8 Å². The van der Waals surface area contributed by atoms with E-state index in [2.05, 4.69) is 21.3 Å². The van der Waals surface area contributed by atoms with Crippen molar-refractivity contribution in [1.29, 1.82) is 5.41 Å². The molecule has 0 aliphatic carbocycles. The average molecular weight is 720 g/mol. The van der Waals surface area contributed by atoms with Crippen LogP contribution < -0.4 is 21.3 Å². The van der Waals surface area contributed by atoms with E-state index in [4.69, 9.17) is 5.41 Å². The van der Waals surface area contributed by atoms with Crippen LogP contribution in [0.1, 0.15) is 91.3 Å². The van der Waals surface area contributed by atoms with Gasteiger partial charge in [0.25, 0.3) is 5.91 Å². The van der Waals surface area contributed by atoms with Gasteiger partial charge in [0.1, 0.15) is 11.6 Å². The number of likely N-dealkylation sites (N-methyl/N-ethyl adjacent to an activating group) is 1. The van der Waals surface area contributed by atoms with Crippen LogP contribution in [0.25, 0.3) is 0 Å². The Morgan fingerprint density at radius 1 is 0.558 bits per heavy atom. The van der Waals surface area contributed by atoms with Gasteiger partial charge in [0, 0.05) is 63.7 Å². The van der Waals surface area contributed by atoms with Crippen molar-refractivity contribution in [3.63, 3.8) is 0 Å². The van der Waals surface area contributed by atoms with Gasteiger partial charge in [-0.05, 0) is 65.8 Å². The number of Topliss-reactive ketones (excluding diaryl/α,β-unsaturated/α-hetero) is 3. The van der Waals surface area contributed by atoms with Crippen LogP contribution in [0.15, 0.2) is 78.9 Å². The number of ketones is 3. The highest BCUT2D eigenvalue weighted by Gasteiger charge is 2.07. The summed E-state index contributed by atoms with van der Waals surface area (Å²) in [6.45, 7) is 9.38. The summed E-state index contributed by atoms with van der Waals surface area (Å²) in [7, 11) is 6.54. The van der Waals surface area contributed by atoms with Crippen molar-refractivity contribution in [1.82, 2.24) is 21.3 Å². The predicted molar refractivity (Wildman–Crippen MR) is 212 cm³/mol. The molecule has 0 aliphatic rings. The normalized spacial score (nSPS) is 9.02. The number of hydrogen-bond donors (Lipinski definition) is 5. The third-order valence-electron chi connectivity index (χ3n) is 6.50. The third-order valence-corrected chi connectivity index (χ3v) is 6.50. The molecule has 0 spiro atoms. The molecule has 0 aromatic heterocycles. The molecular weight excluding hydrogens is 658 g/mol. The van der Waals surface area contributed by atoms with Gasteiger partial charge in [-0.15, -0.1) is 0 Å². The molecule has 0 saturated heterocycles. The maximum atomic E-state index is 11.5. The number of benzene rings is 3. The van der Waals surface area contributed by atoms with E-state index in [1.807, 2.05) is 80.6 Å². The molecule has 5 N–H and O–H groups in total. The minimum absolute atomic E-state index is 0. The molecule has 3 aromatic carbocycles. The molecule has 0 fully saturated rings. The molecule has 0 aliphatic heterocycles. The Labute approximate surface area is 311 Å². The van der Waals surface area contributed by atoms with Crippen molar-refractivity contribution in [2.24, 2.45) is 0 Å². The Hall–Kier alpha value is -5.29. The summed E-state index contributed by atoms with van der Waals surface area (Å²) in [4.78, 5) is 64.6. The maximum Gasteiger partial charge on any atom is 0.251 e. The molecule has 3 amide bonds. The van der Waals surface area contributed by atoms with Crippen LogP contribution in [0, 0.1) is 19.3 Å². The van der Waals surface area contributed by atoms with Crippen LogP contribution in [0.4, 0.5) is 0 Å². The molecular formula is C41H61N5O6. The monoisotopic (exact) mass is 719 g/mol. The fourth-order valence-electron chi connectivity index (χ4n) is 3.64. The standard InChI is InChI=1S/C11H13NO2.C10H12O.C9H11NO.C6H12N2O.C4H9NO.CH4/c1-12-11(14)8-7-10(13)9-5-3-2-4-6-9;1-8-3-5-10(6-4-8)7-9(2)11;1-7-3-5-8(6-4-7)9(11)10-2;1-5(7)3-4-6(9)8-2;1-4(6)3-5-2;/h2-6H,7-8H2,1H3,(H,12,14);3-6H,7H2,1-2H3;3-6H,1-2H3,(H,10,11);7H,3-4H2,1-2H3,(H,8,9);5H,3H2,1-2H3;1H4. The molecule has 3 rings (SSSR count). The lowest BCUT2D eigenvalue weighted by molar-refractivity contribution is -0.121. The topological polar surface area (TPSA) is 174 Å². The molecule has 0 radical (unpaired) electrons. The summed E-state index contributed by atoms with van der Waals surface area (Å²) in [6, 6.07) is 24.5. The highest BCUT2D eigenvalue weighted by atomic mass is 16.2. The first-order valence-corrected chi connectivity index (χ1v) is 16.6. The van der Waals surface area contributed by atoms with Crippen molar-refractivity contribution in [3.05, 3.63) is 107 Å². The van der Waals surface area contributed by atoms with Crippen LogP contribution in [-0.4, -0.2) is 75.5 Å². The summed E-state index contributed by atoms with van der Waals surface area (Å²) in [5.74, 6) is 0.265. The van der Waals surface area contributed by atoms with Crippen LogP contribution in [0.2, 0.25) is 0 Å². The quantitative estimate of drug-likeness (QED) is 0.115. The van der Waals surface area contributed by atoms with Gasteiger partial charge < -0.3 is 26.7 Å². The Balaban J connectivity index is -0.000000588. The fourth-order valence-corrected chi connectivity index (χ4v) is 3.64. The molecule has 0 saturated carbocycles. The van der Waals surface area contributed by atoms with Crippen LogP contribution in [-0.2, 0) is 25.6 Å². The Bertz CT molecular complexity index is 1490. The largest absolute Gasteiger partial charge is 0.359 e. The molecule has 0 unspecified atom stereocenters. The molecule has 11 heteroatoms. The number of amides is 3. The predicted octanol–water partition coefficient (Wildman–Crippen LogP) is 5.86. The van der Waals surface area contributed by atoms with E-state index in [1.54, 1.807) is 61.1 Å². The van der Waals surface area contributed by atoms with E-state index in [1.165, 1.54) is 5.56 Å². The second-order valence-electron chi connectivity index (χ2n) is 11.5. The van der Waals surface area contributed by atoms with Crippen molar-refractivity contribution >= 4 is 40.8 Å². The number of carbonyl (C=O) groups is 6. The zero-order valence-corrected chi connectivity index (χ0v) is 31.7. The zero-order valence-electron chi connectivity index (χ0n) is 31.7. The van der Waals surface area contributed by atoms with E-state index < -0.39 is 0 Å². The fraction of sp³-hybridized carbons (Fsp3) is 0.390. The lowest BCUT2D eigenvalue weighted by Crippen LogP contribution is -2.18. The van der Waals surface area contributed by atoms with Gasteiger partial charge in [0.2, 0.25) is 11.8 Å². The molecule has 3 aromatic rings. The van der Waals surface area contributed by atoms with E-state index in [-0.39, 0.29) is 55.3 Å². The van der Waals surface area contributed by atoms with E-state index >= 15 is 0 Å². The minimum Gasteiger partial charge on any atom is -0.359 e. The van der Waals surface area contributed by atoms with Gasteiger partial charge in [-0.25, -0.2) is 0 Å². The number of aryl methyl sites for hydroxylation is 2. The summed E-state index contributed by atoms with van der Waals surface area (Å²) >= 11 is 0. The number of nitrogens with one attached hydrogen (secondary N) is 5. The average Bonchev–Trinajstić information content (AvgIpc) is 3.11. The second kappa shape index (κ2) is 31.7. The van der Waals surface area contributed by atoms with Gasteiger partial charge in [0.05, 0.1) is 6.54 Å². The molecule has 52 heavy (non-hydrogen) atoms. The highest BCUT2D eigenvalue weighted by Crippen LogP contribution is 2.05. The first-order valence-electron chi connectivity index (χ1n) is 16.6. The minimum atomic E-state index is -0.103. The molecule has 286 valence electrons. The lowest BCUT2D eigenvalue weighted by atomic mass is 10.1. The Morgan fingerprint density at radius 3 is 1.38 bits per heavy atom. The first kappa shape index (κ1) is 51.1. The van der Waals surface area contributed by atoms with Crippen molar-refractivity contribution in [2.75, 3.05) is 34.7 Å². The SMILES string of the molecule is C.CC(=O)Cc1ccc(C)cc1.CNC(=O)CCC(=O)c1ccccc1.CNC(=O)CCC(C)=N.CNC(=O)c1ccc(C)cc1.CNCC(C)=O. The maximum absolute atomic E-state index is 11.5. The summed E-state index contributed by atoms with van der Waals surface area (Å²) in [5, 5.41) is 17.2. The van der Waals surface area contributed by atoms with Crippen molar-refractivity contribution in [2.45, 2.75) is 74.1 Å². The van der Waals surface area contributed by atoms with Crippen LogP contribution in [0.3, 0.4) is 0 Å². The molecule has 11 nitrogen and oxygen atoms in total. The van der Waals surface area contributed by atoms with Gasteiger partial charge in [-0.3, -0.25) is 28.8 Å². The molecule has 0 atom stereocenters. The second-order valence-corrected chi connectivity index (χ2v) is 11.5. The number of carbonyl (C=O) groups excluding carboxylic acids is 6. The van der Waals surface area contributed by atoms with Crippen molar-refractivity contribution < 1.29 is 28.8 Å². The molecule has 0 heterocycles. The third kappa shape index (κ3) is 29.6. The summed E-state index contributed by atoms with van der Waals surface area (Å²) in [6.07, 6.45) is 2.08. The van der Waals surface area contributed by atoms with Crippen LogP contribution >= 0.6 is 0 Å². The van der Waals surface area contributed by atoms with E-state index in [0.29, 0.717) is 42.6 Å². The summed E-state index contributed by atoms with van der Waals surface area (Å²) < 4.78 is 0. The van der Waals surface area contributed by atoms with Gasteiger partial charge in [-0.1, -0.05) is 85.3 Å². The van der Waals surface area contributed by atoms with Gasteiger partial charge in [0.15, 0.2) is 5.78 Å². The number of rotatable bonds is 12. The smallest absolute Gasteiger partial charge is 0.251 e. The van der Waals surface area contributed by atoms with Crippen LogP contribution in [0.5, 0.6) is 0 Å². The first-order chi connectivity index (χ1) is 24.1. The Kier molecular flexibility index (Phi) is 31.1.